The van der Waals surface area contributed by atoms with E-state index >= 15 is 0 Å². The minimum absolute atomic E-state index is 0. The van der Waals surface area contributed by atoms with Crippen LogP contribution in [0, 0.1) is 19.0 Å². The summed E-state index contributed by atoms with van der Waals surface area (Å²) in [7, 11) is 0. The number of aromatic nitrogens is 3. The summed E-state index contributed by atoms with van der Waals surface area (Å²) in [5.41, 5.74) is 5.77. The molecule has 0 spiro atoms. The van der Waals surface area contributed by atoms with Crippen LogP contribution >= 0.6 is 0 Å². The summed E-state index contributed by atoms with van der Waals surface area (Å²) in [5, 5.41) is 4.73. The normalized spacial score (nSPS) is 5.71. The van der Waals surface area contributed by atoms with E-state index in [0.29, 0.717) is 5.56 Å². The van der Waals surface area contributed by atoms with Gasteiger partial charge in [-0.1, -0.05) is 55.2 Å². The standard InChI is InChI=1S/C21H12N3O.24Y/c1-2-6-15(7-3-1)13-24-19-9-5-4-8-18(19)21-20(24)10-16(11-22-21)17-12-23-25-14-17;;;;;;;;;;;;;;;;;;;;;;;;/h1-11,13H;;;;;;;;;;;;;;;;;;;;;;;;/q-3;;;;;;;;;;;;;;;;;;;;;;;;. The van der Waals surface area contributed by atoms with Gasteiger partial charge in [0.25, 0.3) is 0 Å². The first-order chi connectivity index (χ1) is 12.4. The van der Waals surface area contributed by atoms with Crippen LogP contribution in [-0.4, -0.2) is 14.7 Å². The van der Waals surface area contributed by atoms with Gasteiger partial charge in [-0.25, -0.2) is 11.8 Å². The predicted molar refractivity (Wildman–Crippen MR) is 95.7 cm³/mol. The van der Waals surface area contributed by atoms with E-state index in [-0.39, 0.29) is 785 Å². The molecule has 0 aliphatic heterocycles. The Balaban J connectivity index is -0.0000000195. The van der Waals surface area contributed by atoms with Gasteiger partial charge >= 0.3 is 0 Å². The molecule has 0 saturated heterocycles. The Morgan fingerprint density at radius 1 is 0.510 bits per heavy atom. The van der Waals surface area contributed by atoms with Gasteiger partial charge in [0.2, 0.25) is 0 Å². The van der Waals surface area contributed by atoms with Crippen molar-refractivity contribution in [2.45, 2.75) is 0 Å². The molecule has 0 aliphatic rings. The van der Waals surface area contributed by atoms with Crippen molar-refractivity contribution in [2.24, 2.45) is 0 Å². The third kappa shape index (κ3) is 50.2. The molecule has 0 saturated carbocycles. The van der Waals surface area contributed by atoms with Crippen LogP contribution < -0.4 is 0 Å². The summed E-state index contributed by atoms with van der Waals surface area (Å²) < 4.78 is 6.96. The van der Waals surface area contributed by atoms with Gasteiger partial charge in [-0.15, -0.1) is 24.0 Å². The van der Waals surface area contributed by atoms with Gasteiger partial charge in [-0.2, -0.15) is 6.07 Å². The van der Waals surface area contributed by atoms with E-state index < -0.39 is 0 Å². The Hall–Kier alpha value is 23.0. The quantitative estimate of drug-likeness (QED) is 0.252. The third-order valence-corrected chi connectivity index (χ3v) is 4.26. The summed E-state index contributed by atoms with van der Waals surface area (Å²) in [4.78, 5) is 4.68. The molecule has 0 bridgehead atoms. The van der Waals surface area contributed by atoms with Gasteiger partial charge in [0.15, 0.2) is 0 Å². The van der Waals surface area contributed by atoms with E-state index in [4.69, 9.17) is 4.52 Å². The van der Waals surface area contributed by atoms with Gasteiger partial charge in [-0.05, 0) is 16.4 Å². The number of nitrogens with zero attached hydrogens (tertiary/aromatic N) is 3. The summed E-state index contributed by atoms with van der Waals surface area (Å²) in [5.74, 6) is 0. The molecule has 5 aromatic rings. The average molecular weight is 2460 g/mol. The number of para-hydroxylation sites is 1. The van der Waals surface area contributed by atoms with Crippen LogP contribution in [0.5, 0.6) is 0 Å². The fraction of sp³-hybridized carbons (Fsp3) is 0. The number of hydrogen-bond acceptors (Lipinski definition) is 3. The fourth-order valence-corrected chi connectivity index (χ4v) is 3.11. The van der Waals surface area contributed by atoms with Crippen LogP contribution in [0.3, 0.4) is 0 Å². The molecule has 0 aliphatic carbocycles. The molecule has 4 nitrogen and oxygen atoms in total. The molecular weight excluding hydrogens is 2440 g/mol. The molecule has 28 heteroatoms. The van der Waals surface area contributed by atoms with Crippen molar-refractivity contribution in [1.82, 2.24) is 14.7 Å². The van der Waals surface area contributed by atoms with Crippen molar-refractivity contribution in [3.05, 3.63) is 91.4 Å². The van der Waals surface area contributed by atoms with E-state index in [1.807, 2.05) is 30.3 Å². The molecule has 0 amide bonds. The Morgan fingerprint density at radius 2 is 0.939 bits per heavy atom. The van der Waals surface area contributed by atoms with Crippen molar-refractivity contribution in [1.29, 1.82) is 0 Å². The summed E-state index contributed by atoms with van der Waals surface area (Å²) in [6.07, 6.45) is 7.32. The van der Waals surface area contributed by atoms with Crippen LogP contribution in [-0.2, 0) is 785 Å². The molecule has 3 heterocycles. The van der Waals surface area contributed by atoms with Crippen LogP contribution in [0.4, 0.5) is 0 Å². The number of fused-ring (bicyclic) bond motifs is 3. The van der Waals surface area contributed by atoms with Crippen molar-refractivity contribution < 1.29 is 790 Å². The molecular formula is C21H12N3OY24-3. The molecule has 0 atom stereocenters. The minimum Gasteiger partial charge on any atom is -0.523 e. The molecule has 192 valence electrons. The maximum atomic E-state index is 4.79. The van der Waals surface area contributed by atoms with E-state index in [1.165, 1.54) is 0 Å². The monoisotopic (exact) mass is 2460 g/mol. The van der Waals surface area contributed by atoms with Gasteiger partial charge in [0.05, 0.1) is 5.52 Å². The molecule has 0 fully saturated rings. The molecule has 49 heavy (non-hydrogen) atoms. The topological polar surface area (TPSA) is 43.9 Å². The summed E-state index contributed by atoms with van der Waals surface area (Å²) >= 11 is 0. The van der Waals surface area contributed by atoms with Gasteiger partial charge < -0.3 is 14.7 Å². The Morgan fingerprint density at radius 3 is 1.37 bits per heavy atom. The first-order valence-electron chi connectivity index (χ1n) is 7.94. The number of pyridine rings is 1. The SMILES string of the molecule is [Y].[Y].[Y].[Y].[Y].[Y].[Y].[Y].[Y].[Y].[Y].[Y].[Y].[Y].[Y].[Y].[Y].[Y].[Y].[Y].[Y].[Y].[Y].[Y].[c-]1no[c-]c1-c1cnc2c3ccccc3n([CH-]c3ccccc3)c2c1. The van der Waals surface area contributed by atoms with Crippen LogP contribution in [0.25, 0.3) is 33.1 Å². The zero-order chi connectivity index (χ0) is 16.6. The third-order valence-electron chi connectivity index (χ3n) is 4.26. The van der Waals surface area contributed by atoms with Crippen molar-refractivity contribution in [3.63, 3.8) is 0 Å². The number of rotatable bonds is 3. The van der Waals surface area contributed by atoms with E-state index in [0.717, 1.165) is 33.1 Å². The second kappa shape index (κ2) is 84.9. The Kier molecular flexibility index (Phi) is 233. The predicted octanol–water partition coefficient (Wildman–Crippen LogP) is 4.44. The molecule has 3 aromatic heterocycles. The van der Waals surface area contributed by atoms with E-state index in [1.54, 1.807) is 6.20 Å². The minimum atomic E-state index is 0. The maximum absolute atomic E-state index is 4.79. The second-order valence-corrected chi connectivity index (χ2v) is 5.79. The fourth-order valence-electron chi connectivity index (χ4n) is 3.11. The van der Waals surface area contributed by atoms with Gasteiger partial charge in [-0.3, -0.25) is 10.1 Å². The van der Waals surface area contributed by atoms with Crippen LogP contribution in [0.15, 0.2) is 71.4 Å². The second-order valence-electron chi connectivity index (χ2n) is 5.79. The number of benzene rings is 2. The van der Waals surface area contributed by atoms with Crippen LogP contribution in [0.2, 0.25) is 0 Å². The Labute approximate surface area is 897 Å². The first kappa shape index (κ1) is 134. The molecule has 24 radical (unpaired) electrons. The van der Waals surface area contributed by atoms with E-state index in [9.17, 15) is 0 Å². The first-order valence-corrected chi connectivity index (χ1v) is 7.94. The summed E-state index contributed by atoms with van der Waals surface area (Å²) in [6, 6.07) is 20.6. The largest absolute Gasteiger partial charge is 0.523 e. The number of hydrogen-bond donors (Lipinski definition) is 0. The molecule has 0 unspecified atom stereocenters. The van der Waals surface area contributed by atoms with Crippen molar-refractivity contribution >= 4 is 21.9 Å². The maximum Gasteiger partial charge on any atom is 0.0511 e. The molecule has 2 aromatic carbocycles. The summed E-state index contributed by atoms with van der Waals surface area (Å²) in [6.45, 7) is 2.12. The molecule has 5 rings (SSSR count). The smallest absolute Gasteiger partial charge is 0.0511 e. The average Bonchev–Trinajstić information content (AvgIpc) is 3.30. The van der Waals surface area contributed by atoms with E-state index in [2.05, 4.69) is 64.0 Å². The Bertz CT molecular complexity index is 1210. The zero-order valence-electron chi connectivity index (χ0n) is 27.0. The zero-order valence-corrected chi connectivity index (χ0v) is 95.2. The van der Waals surface area contributed by atoms with Crippen molar-refractivity contribution in [3.8, 4) is 11.1 Å². The van der Waals surface area contributed by atoms with Gasteiger partial charge in [0.1, 0.15) is 0 Å². The molecule has 0 N–H and O–H groups in total. The van der Waals surface area contributed by atoms with Gasteiger partial charge in [0, 0.05) is 785 Å². The van der Waals surface area contributed by atoms with Crippen molar-refractivity contribution in [2.75, 3.05) is 0 Å². The van der Waals surface area contributed by atoms with Crippen LogP contribution in [0.1, 0.15) is 5.56 Å².